The van der Waals surface area contributed by atoms with E-state index in [9.17, 15) is 4.79 Å². The average molecular weight is 265 g/mol. The number of H-pyrrole nitrogens is 1. The van der Waals surface area contributed by atoms with Crippen LogP contribution in [-0.4, -0.2) is 10.1 Å². The molecule has 0 saturated carbocycles. The molecule has 99 valence electrons. The number of aromatic amines is 1. The second-order valence-corrected chi connectivity index (χ2v) is 4.42. The summed E-state index contributed by atoms with van der Waals surface area (Å²) in [7, 11) is 0. The van der Waals surface area contributed by atoms with E-state index in [0.717, 1.165) is 23.1 Å². The zero-order chi connectivity index (χ0) is 13.9. The molecule has 0 spiro atoms. The first-order valence-electron chi connectivity index (χ1n) is 6.31. The van der Waals surface area contributed by atoms with Crippen LogP contribution in [0.4, 0.5) is 0 Å². The summed E-state index contributed by atoms with van der Waals surface area (Å²) in [5.74, 6) is -0.186. The molecule has 1 aromatic heterocycles. The summed E-state index contributed by atoms with van der Waals surface area (Å²) in [6.07, 6.45) is 0.762. The molecule has 0 atom stereocenters. The van der Waals surface area contributed by atoms with Crippen LogP contribution in [0.25, 0.3) is 22.5 Å². The van der Waals surface area contributed by atoms with Gasteiger partial charge in [0.25, 0.3) is 0 Å². The highest BCUT2D eigenvalue weighted by molar-refractivity contribution is 5.80. The van der Waals surface area contributed by atoms with Crippen LogP contribution in [0.15, 0.2) is 57.8 Å². The Labute approximate surface area is 116 Å². The molecule has 20 heavy (non-hydrogen) atoms. The van der Waals surface area contributed by atoms with Gasteiger partial charge in [0.1, 0.15) is 0 Å². The molecule has 0 aliphatic rings. The van der Waals surface area contributed by atoms with Crippen molar-refractivity contribution >= 4 is 0 Å². The summed E-state index contributed by atoms with van der Waals surface area (Å²) < 4.78 is 4.65. The Balaban J connectivity index is 2.11. The zero-order valence-electron chi connectivity index (χ0n) is 10.8. The van der Waals surface area contributed by atoms with Crippen LogP contribution in [0.5, 0.6) is 0 Å². The fraction of sp³-hybridized carbons (Fsp3) is 0.0625. The smallest absolute Gasteiger partial charge is 0.321 e. The molecule has 1 radical (unpaired) electrons. The Kier molecular flexibility index (Phi) is 3.21. The number of nitrogens with zero attached hydrogens (tertiary/aromatic N) is 1. The van der Waals surface area contributed by atoms with Crippen molar-refractivity contribution in [3.8, 4) is 22.5 Å². The lowest BCUT2D eigenvalue weighted by Crippen LogP contribution is -1.95. The Morgan fingerprint density at radius 2 is 1.75 bits per heavy atom. The first kappa shape index (κ1) is 12.4. The van der Waals surface area contributed by atoms with Crippen molar-refractivity contribution in [1.29, 1.82) is 0 Å². The maximum Gasteiger partial charge on any atom is 0.460 e. The minimum atomic E-state index is -0.623. The minimum absolute atomic E-state index is 0.437. The topological polar surface area (TPSA) is 58.9 Å². The van der Waals surface area contributed by atoms with Crippen LogP contribution in [0.3, 0.4) is 0 Å². The predicted molar refractivity (Wildman–Crippen MR) is 77.1 cm³/mol. The van der Waals surface area contributed by atoms with E-state index in [1.807, 2.05) is 48.5 Å². The largest absolute Gasteiger partial charge is 0.460 e. The van der Waals surface area contributed by atoms with E-state index in [2.05, 4.69) is 21.6 Å². The number of benzene rings is 2. The van der Waals surface area contributed by atoms with E-state index in [1.165, 1.54) is 5.56 Å². The van der Waals surface area contributed by atoms with Crippen LogP contribution >= 0.6 is 0 Å². The molecule has 4 nitrogen and oxygen atoms in total. The molecule has 2 aromatic carbocycles. The second kappa shape index (κ2) is 5.17. The van der Waals surface area contributed by atoms with E-state index in [1.54, 1.807) is 0 Å². The Morgan fingerprint density at radius 1 is 1.05 bits per heavy atom. The lowest BCUT2D eigenvalue weighted by molar-refractivity contribution is 0.388. The molecule has 1 heterocycles. The Hall–Kier alpha value is -2.62. The predicted octanol–water partition coefficient (Wildman–Crippen LogP) is 3.07. The molecule has 0 aliphatic carbocycles. The highest BCUT2D eigenvalue weighted by atomic mass is 16.5. The van der Waals surface area contributed by atoms with Gasteiger partial charge in [-0.25, -0.2) is 4.79 Å². The van der Waals surface area contributed by atoms with Crippen LogP contribution < -0.4 is 5.76 Å². The van der Waals surface area contributed by atoms with E-state index >= 15 is 0 Å². The molecule has 3 aromatic rings. The molecule has 0 fully saturated rings. The lowest BCUT2D eigenvalue weighted by Gasteiger charge is -2.07. The van der Waals surface area contributed by atoms with Crippen molar-refractivity contribution in [3.63, 3.8) is 0 Å². The van der Waals surface area contributed by atoms with Gasteiger partial charge in [-0.15, -0.1) is 0 Å². The lowest BCUT2D eigenvalue weighted by atomic mass is 9.98. The zero-order valence-corrected chi connectivity index (χ0v) is 10.8. The summed E-state index contributed by atoms with van der Waals surface area (Å²) in [5.41, 5.74) is 4.07. The van der Waals surface area contributed by atoms with Gasteiger partial charge < -0.3 is 4.52 Å². The van der Waals surface area contributed by atoms with Crippen LogP contribution in [-0.2, 0) is 6.42 Å². The quantitative estimate of drug-likeness (QED) is 0.791. The van der Waals surface area contributed by atoms with Crippen molar-refractivity contribution in [2.24, 2.45) is 0 Å². The first-order valence-corrected chi connectivity index (χ1v) is 6.31. The van der Waals surface area contributed by atoms with Crippen LogP contribution in [0.1, 0.15) is 5.56 Å². The standard InChI is InChI=1S/C16H13N2O2/c1-2-11-7-9-12(10-8-11)13-5-3-4-6-14(13)15-17-16(19)20-18-15/h3-10H,1-2H2,(H,17,18,19). The summed E-state index contributed by atoms with van der Waals surface area (Å²) >= 11 is 0. The van der Waals surface area contributed by atoms with Gasteiger partial charge >= 0.3 is 5.76 Å². The average Bonchev–Trinajstić information content (AvgIpc) is 2.94. The SMILES string of the molecule is [CH2]Cc1ccc(-c2ccccc2-c2nc(=O)o[nH]2)cc1. The van der Waals surface area contributed by atoms with Gasteiger partial charge in [0.05, 0.1) is 0 Å². The van der Waals surface area contributed by atoms with Gasteiger partial charge in [-0.05, 0) is 30.0 Å². The van der Waals surface area contributed by atoms with E-state index in [-0.39, 0.29) is 0 Å². The van der Waals surface area contributed by atoms with Crippen molar-refractivity contribution < 1.29 is 4.52 Å². The third-order valence-corrected chi connectivity index (χ3v) is 3.17. The molecule has 1 N–H and O–H groups in total. The van der Waals surface area contributed by atoms with Gasteiger partial charge in [0, 0.05) is 5.56 Å². The number of aromatic nitrogens is 2. The Bertz CT molecular complexity index is 769. The van der Waals surface area contributed by atoms with E-state index in [4.69, 9.17) is 0 Å². The Morgan fingerprint density at radius 3 is 2.35 bits per heavy atom. The van der Waals surface area contributed by atoms with Gasteiger partial charge in [0.2, 0.25) is 0 Å². The van der Waals surface area contributed by atoms with Crippen molar-refractivity contribution in [2.45, 2.75) is 6.42 Å². The van der Waals surface area contributed by atoms with Crippen LogP contribution in [0, 0.1) is 6.92 Å². The summed E-state index contributed by atoms with van der Waals surface area (Å²) in [4.78, 5) is 14.9. The highest BCUT2D eigenvalue weighted by Gasteiger charge is 2.10. The summed E-state index contributed by atoms with van der Waals surface area (Å²) in [6.45, 7) is 3.86. The van der Waals surface area contributed by atoms with Gasteiger partial charge in [-0.3, -0.25) is 0 Å². The van der Waals surface area contributed by atoms with E-state index < -0.39 is 5.76 Å². The molecule has 4 heteroatoms. The fourth-order valence-electron chi connectivity index (χ4n) is 2.14. The van der Waals surface area contributed by atoms with Gasteiger partial charge in [-0.2, -0.15) is 10.1 Å². The minimum Gasteiger partial charge on any atom is -0.321 e. The fourth-order valence-corrected chi connectivity index (χ4v) is 2.14. The van der Waals surface area contributed by atoms with Crippen molar-refractivity contribution in [1.82, 2.24) is 10.1 Å². The molecule has 0 saturated heterocycles. The number of rotatable bonds is 3. The molecule has 3 rings (SSSR count). The summed E-state index contributed by atoms with van der Waals surface area (Å²) in [5, 5.41) is 2.55. The molecule has 0 aliphatic heterocycles. The first-order chi connectivity index (χ1) is 9.78. The maximum absolute atomic E-state index is 11.1. The number of nitrogens with one attached hydrogen (secondary N) is 1. The maximum atomic E-state index is 11.1. The second-order valence-electron chi connectivity index (χ2n) is 4.42. The van der Waals surface area contributed by atoms with Gasteiger partial charge in [0.15, 0.2) is 5.82 Å². The van der Waals surface area contributed by atoms with Crippen molar-refractivity contribution in [2.75, 3.05) is 0 Å². The van der Waals surface area contributed by atoms with Crippen LogP contribution in [0.2, 0.25) is 0 Å². The molecular formula is C16H13N2O2. The monoisotopic (exact) mass is 265 g/mol. The third-order valence-electron chi connectivity index (χ3n) is 3.17. The number of hydrogen-bond donors (Lipinski definition) is 1. The molecular weight excluding hydrogens is 252 g/mol. The number of hydrogen-bond acceptors (Lipinski definition) is 3. The highest BCUT2D eigenvalue weighted by Crippen LogP contribution is 2.29. The molecule has 0 amide bonds. The molecule has 0 unspecified atom stereocenters. The molecule has 0 bridgehead atoms. The third kappa shape index (κ3) is 2.28. The summed E-state index contributed by atoms with van der Waals surface area (Å²) in [6, 6.07) is 15.9. The van der Waals surface area contributed by atoms with Crippen molar-refractivity contribution in [3.05, 3.63) is 71.6 Å². The normalized spacial score (nSPS) is 10.7. The van der Waals surface area contributed by atoms with Gasteiger partial charge in [-0.1, -0.05) is 48.5 Å². The van der Waals surface area contributed by atoms with E-state index in [0.29, 0.717) is 5.82 Å².